The van der Waals surface area contributed by atoms with Gasteiger partial charge in [0.2, 0.25) is 0 Å². The van der Waals surface area contributed by atoms with Crippen LogP contribution in [0.3, 0.4) is 0 Å². The first kappa shape index (κ1) is 23.9. The summed E-state index contributed by atoms with van der Waals surface area (Å²) in [5.74, 6) is -1.80. The van der Waals surface area contributed by atoms with E-state index in [-0.39, 0.29) is 11.5 Å². The van der Waals surface area contributed by atoms with Crippen LogP contribution in [-0.2, 0) is 9.59 Å². The predicted molar refractivity (Wildman–Crippen MR) is 131 cm³/mol. The van der Waals surface area contributed by atoms with Gasteiger partial charge < -0.3 is 27.1 Å². The maximum atomic E-state index is 12.4. The lowest BCUT2D eigenvalue weighted by atomic mass is 9.99. The van der Waals surface area contributed by atoms with Crippen molar-refractivity contribution < 1.29 is 9.59 Å². The summed E-state index contributed by atoms with van der Waals surface area (Å²) in [6, 6.07) is 9.29. The Morgan fingerprint density at radius 3 is 2.65 bits per heavy atom. The van der Waals surface area contributed by atoms with Crippen molar-refractivity contribution in [1.29, 1.82) is 10.7 Å². The molecule has 0 saturated heterocycles. The van der Waals surface area contributed by atoms with Gasteiger partial charge in [-0.1, -0.05) is 0 Å². The van der Waals surface area contributed by atoms with Crippen LogP contribution >= 0.6 is 0 Å². The van der Waals surface area contributed by atoms with Gasteiger partial charge in [0.05, 0.1) is 11.8 Å². The van der Waals surface area contributed by atoms with Crippen molar-refractivity contribution in [3.63, 3.8) is 0 Å². The van der Waals surface area contributed by atoms with Crippen LogP contribution in [0.4, 0.5) is 11.5 Å². The molecule has 10 nitrogen and oxygen atoms in total. The molecule has 0 radical (unpaired) electrons. The average Bonchev–Trinajstić information content (AvgIpc) is 2.81. The quantitative estimate of drug-likeness (QED) is 0.216. The van der Waals surface area contributed by atoms with E-state index in [1.165, 1.54) is 12.4 Å². The Kier molecular flexibility index (Phi) is 6.87. The third-order valence-electron chi connectivity index (χ3n) is 4.95. The van der Waals surface area contributed by atoms with Gasteiger partial charge in [0.1, 0.15) is 11.4 Å². The number of hydrogen-bond acceptors (Lipinski definition) is 8. The highest BCUT2D eigenvalue weighted by Gasteiger charge is 2.18. The average molecular weight is 457 g/mol. The molecule has 10 heteroatoms. The molecule has 0 unspecified atom stereocenters. The third kappa shape index (κ3) is 5.52. The van der Waals surface area contributed by atoms with E-state index in [1.807, 2.05) is 31.2 Å². The summed E-state index contributed by atoms with van der Waals surface area (Å²) in [6.07, 6.45) is 7.12. The van der Waals surface area contributed by atoms with Gasteiger partial charge in [0, 0.05) is 47.6 Å². The number of nitrogens with two attached hydrogens (primary N) is 1. The van der Waals surface area contributed by atoms with E-state index >= 15 is 0 Å². The van der Waals surface area contributed by atoms with Crippen molar-refractivity contribution in [3.8, 4) is 17.2 Å². The summed E-state index contributed by atoms with van der Waals surface area (Å²) in [7, 11) is 0. The fourth-order valence-corrected chi connectivity index (χ4v) is 3.04. The number of fused-ring (bicyclic) bond motifs is 1. The van der Waals surface area contributed by atoms with E-state index in [4.69, 9.17) is 16.4 Å². The Labute approximate surface area is 196 Å². The molecule has 34 heavy (non-hydrogen) atoms. The smallest absolute Gasteiger partial charge is 0.315 e. The van der Waals surface area contributed by atoms with E-state index in [0.29, 0.717) is 11.1 Å². The minimum absolute atomic E-state index is 0.0131. The van der Waals surface area contributed by atoms with Crippen LogP contribution in [0, 0.1) is 23.7 Å². The molecule has 2 amide bonds. The number of aryl methyl sites for hydroxylation is 1. The summed E-state index contributed by atoms with van der Waals surface area (Å²) in [6.45, 7) is 5.22. The van der Waals surface area contributed by atoms with Crippen LogP contribution in [0.1, 0.15) is 19.4 Å². The summed E-state index contributed by atoms with van der Waals surface area (Å²) in [4.78, 5) is 33.0. The van der Waals surface area contributed by atoms with Crippen molar-refractivity contribution in [2.24, 2.45) is 0 Å². The number of carbonyl (C=O) groups excluding carboxylic acids is 2. The Balaban J connectivity index is 1.80. The molecule has 0 bridgehead atoms. The molecule has 1 aromatic carbocycles. The van der Waals surface area contributed by atoms with Crippen molar-refractivity contribution in [1.82, 2.24) is 20.6 Å². The fraction of sp³-hybridized carbons (Fsp3) is 0.167. The lowest BCUT2D eigenvalue weighted by Crippen LogP contribution is -2.38. The lowest BCUT2D eigenvalue weighted by molar-refractivity contribution is -0.135. The van der Waals surface area contributed by atoms with Gasteiger partial charge in [-0.25, -0.2) is 4.98 Å². The van der Waals surface area contributed by atoms with Crippen LogP contribution < -0.4 is 21.7 Å². The van der Waals surface area contributed by atoms with E-state index in [2.05, 4.69) is 25.9 Å². The number of anilines is 2. The second-order valence-corrected chi connectivity index (χ2v) is 8.08. The summed E-state index contributed by atoms with van der Waals surface area (Å²) < 4.78 is 0. The Morgan fingerprint density at radius 1 is 1.21 bits per heavy atom. The van der Waals surface area contributed by atoms with Gasteiger partial charge >= 0.3 is 11.8 Å². The van der Waals surface area contributed by atoms with E-state index < -0.39 is 17.4 Å². The molecule has 0 aliphatic rings. The molecule has 0 atom stereocenters. The first-order valence-electron chi connectivity index (χ1n) is 10.3. The molecular formula is C24H24N8O2. The molecule has 0 aliphatic heterocycles. The van der Waals surface area contributed by atoms with Gasteiger partial charge in [-0.2, -0.15) is 5.26 Å². The lowest BCUT2D eigenvalue weighted by Gasteiger charge is -2.16. The molecule has 2 aromatic heterocycles. The molecule has 3 aromatic rings. The number of carbonyl (C=O) groups is 2. The summed E-state index contributed by atoms with van der Waals surface area (Å²) in [5.41, 5.74) is 8.67. The van der Waals surface area contributed by atoms with Crippen molar-refractivity contribution in [3.05, 3.63) is 60.3 Å². The van der Waals surface area contributed by atoms with Gasteiger partial charge in [0.25, 0.3) is 0 Å². The molecule has 0 spiro atoms. The minimum Gasteiger partial charge on any atom is -0.398 e. The number of hydrogen-bond donors (Lipinski definition) is 5. The highest BCUT2D eigenvalue weighted by Crippen LogP contribution is 2.31. The van der Waals surface area contributed by atoms with Crippen LogP contribution in [-0.4, -0.2) is 33.5 Å². The molecule has 0 saturated carbocycles. The molecule has 3 rings (SSSR count). The second kappa shape index (κ2) is 9.79. The molecule has 2 heterocycles. The predicted octanol–water partition coefficient (Wildman–Crippen LogP) is 2.62. The van der Waals surface area contributed by atoms with Crippen LogP contribution in [0.15, 0.2) is 54.8 Å². The highest BCUT2D eigenvalue weighted by atomic mass is 16.2. The Hall–Kier alpha value is -4.78. The monoisotopic (exact) mass is 456 g/mol. The zero-order valence-electron chi connectivity index (χ0n) is 18.9. The second-order valence-electron chi connectivity index (χ2n) is 8.08. The number of pyridine rings is 2. The number of nitriles is 1. The van der Waals surface area contributed by atoms with Crippen molar-refractivity contribution >= 4 is 40.3 Å². The molecular weight excluding hydrogens is 432 g/mol. The topological polar surface area (TPSA) is 170 Å². The number of nitrogens with one attached hydrogen (secondary N) is 4. The molecule has 0 fully saturated rings. The molecule has 172 valence electrons. The number of amides is 2. The zero-order chi connectivity index (χ0) is 24.9. The maximum Gasteiger partial charge on any atom is 0.315 e. The van der Waals surface area contributed by atoms with Crippen LogP contribution in [0.2, 0.25) is 0 Å². The van der Waals surface area contributed by atoms with Gasteiger partial charge in [-0.3, -0.25) is 14.6 Å². The summed E-state index contributed by atoms with van der Waals surface area (Å²) >= 11 is 0. The third-order valence-corrected chi connectivity index (χ3v) is 4.95. The van der Waals surface area contributed by atoms with Crippen LogP contribution in [0.5, 0.6) is 0 Å². The minimum atomic E-state index is -0.993. The standard InChI is InChI=1S/C24H24N8O2/c1-14-4-5-28-11-18(14)15-6-16-8-21(29-12-19(16)20(27)7-15)32-23(34)22(33)31-17(9-25)10-30-24(2,3)13-26/h4-12,25,30H,27H2,1-3H3,(H,31,33)(H,29,32,34)/b17-10+,25-9?. The van der Waals surface area contributed by atoms with Crippen molar-refractivity contribution in [2.45, 2.75) is 26.3 Å². The number of nitrogens with zero attached hydrogens (tertiary/aromatic N) is 3. The number of rotatable bonds is 6. The molecule has 0 aliphatic carbocycles. The SMILES string of the molecule is Cc1ccncc1-c1cc(N)c2cnc(NC(=O)C(=O)N/C(C=N)=C/NC(C)(C)C#N)cc2c1. The largest absolute Gasteiger partial charge is 0.398 e. The summed E-state index contributed by atoms with van der Waals surface area (Å²) in [5, 5.41) is 25.4. The zero-order valence-corrected chi connectivity index (χ0v) is 18.9. The van der Waals surface area contributed by atoms with Gasteiger partial charge in [-0.15, -0.1) is 0 Å². The van der Waals surface area contributed by atoms with Crippen LogP contribution in [0.25, 0.3) is 21.9 Å². The number of benzene rings is 1. The first-order valence-corrected chi connectivity index (χ1v) is 10.3. The Morgan fingerprint density at radius 2 is 1.97 bits per heavy atom. The van der Waals surface area contributed by atoms with E-state index in [1.54, 1.807) is 32.3 Å². The number of nitrogen functional groups attached to an aromatic ring is 1. The Bertz CT molecular complexity index is 1350. The normalized spacial score (nSPS) is 11.4. The van der Waals surface area contributed by atoms with Crippen molar-refractivity contribution in [2.75, 3.05) is 11.1 Å². The van der Waals surface area contributed by atoms with Gasteiger partial charge in [-0.05, 0) is 61.5 Å². The first-order chi connectivity index (χ1) is 16.1. The number of aromatic nitrogens is 2. The number of allylic oxidation sites excluding steroid dienone is 1. The fourth-order valence-electron chi connectivity index (χ4n) is 3.04. The highest BCUT2D eigenvalue weighted by molar-refractivity contribution is 6.40. The van der Waals surface area contributed by atoms with E-state index in [9.17, 15) is 9.59 Å². The molecule has 6 N–H and O–H groups in total. The van der Waals surface area contributed by atoms with E-state index in [0.717, 1.165) is 28.3 Å². The maximum absolute atomic E-state index is 12.4. The van der Waals surface area contributed by atoms with Gasteiger partial charge in [0.15, 0.2) is 0 Å².